The molecule has 5 aliphatic carbocycles. The first kappa shape index (κ1) is 88.7. The number of rotatable bonds is 23. The van der Waals surface area contributed by atoms with Crippen LogP contribution in [0.4, 0.5) is 19.2 Å². The summed E-state index contributed by atoms with van der Waals surface area (Å²) in [4.78, 5) is 107. The third-order valence-electron chi connectivity index (χ3n) is 15.0. The maximum absolute atomic E-state index is 12.0. The lowest BCUT2D eigenvalue weighted by atomic mass is 10.2. The molecule has 0 bridgehead atoms. The molecule has 0 saturated heterocycles. The second kappa shape index (κ2) is 45.5. The molecule has 30 nitrogen and oxygen atoms in total. The van der Waals surface area contributed by atoms with Crippen molar-refractivity contribution in [2.45, 2.75) is 146 Å². The number of carboxylic acids is 2. The van der Waals surface area contributed by atoms with Crippen LogP contribution >= 0.6 is 7.60 Å². The van der Waals surface area contributed by atoms with Crippen LogP contribution in [0.3, 0.4) is 0 Å². The van der Waals surface area contributed by atoms with Gasteiger partial charge < -0.3 is 91.1 Å². The molecule has 10 rings (SSSR count). The monoisotopic (exact) mass is 1450 g/mol. The molecule has 0 radical (unpaired) electrons. The Kier molecular flexibility index (Phi) is 39.2. The maximum atomic E-state index is 12.0. The number of aliphatic hydroxyl groups excluding tert-OH is 1. The third kappa shape index (κ3) is 33.8. The number of terminal acetylenes is 1. The topological polar surface area (TPSA) is 445 Å². The second-order valence-electron chi connectivity index (χ2n) is 23.4. The zero-order valence-electron chi connectivity index (χ0n) is 59.4. The molecule has 5 aliphatic rings. The number of aliphatic hydroxyl groups is 1. The van der Waals surface area contributed by atoms with Gasteiger partial charge in [-0.05, 0) is 99.1 Å². The lowest BCUT2D eigenvalue weighted by Gasteiger charge is -2.21. The Hall–Kier alpha value is -10.3. The molecule has 5 aromatic carbocycles. The number of aldehydes is 1. The summed E-state index contributed by atoms with van der Waals surface area (Å²) in [6, 6.07) is 47.1. The minimum Gasteiger partial charge on any atom is -0.480 e. The molecule has 11 N–H and O–H groups in total. The number of carboxylic acid groups (broad SMARTS) is 2. The number of nitrogens with zero attached hydrogens (tertiary/aromatic N) is 3. The summed E-state index contributed by atoms with van der Waals surface area (Å²) in [5, 5.41) is 35.4. The summed E-state index contributed by atoms with van der Waals surface area (Å²) in [5.41, 5.74) is 19.1. The average molecular weight is 1450 g/mol. The van der Waals surface area contributed by atoms with Crippen LogP contribution in [-0.2, 0) is 99.1 Å². The Balaban J connectivity index is 0.000000411. The first-order chi connectivity index (χ1) is 49.1. The van der Waals surface area contributed by atoms with Crippen LogP contribution in [0.25, 0.3) is 5.53 Å². The molecule has 560 valence electrons. The van der Waals surface area contributed by atoms with Crippen molar-refractivity contribution in [1.82, 2.24) is 26.3 Å². The number of aliphatic carboxylic acids is 2. The van der Waals surface area contributed by atoms with Crippen molar-refractivity contribution in [3.8, 4) is 12.3 Å². The Morgan fingerprint density at radius 3 is 1.09 bits per heavy atom. The predicted molar refractivity (Wildman–Crippen MR) is 378 cm³/mol. The fourth-order valence-electron chi connectivity index (χ4n) is 7.94. The van der Waals surface area contributed by atoms with Gasteiger partial charge in [0.05, 0.1) is 18.6 Å². The van der Waals surface area contributed by atoms with E-state index in [0.29, 0.717) is 58.0 Å². The van der Waals surface area contributed by atoms with Crippen LogP contribution in [0.15, 0.2) is 152 Å². The summed E-state index contributed by atoms with van der Waals surface area (Å²) in [6.45, 7) is 6.06. The highest BCUT2D eigenvalue weighted by atomic mass is 31.2. The van der Waals surface area contributed by atoms with Gasteiger partial charge in [0.2, 0.25) is 0 Å². The van der Waals surface area contributed by atoms with Crippen molar-refractivity contribution in [3.05, 3.63) is 185 Å². The highest BCUT2D eigenvalue weighted by Gasteiger charge is 2.54. The summed E-state index contributed by atoms with van der Waals surface area (Å²) in [7, 11) is 4.57. The van der Waals surface area contributed by atoms with Crippen LogP contribution in [0, 0.1) is 18.3 Å². The van der Waals surface area contributed by atoms with E-state index < -0.39 is 71.6 Å². The molecule has 0 atom stereocenters. The van der Waals surface area contributed by atoms with E-state index in [1.54, 1.807) is 13.8 Å². The Bertz CT molecular complexity index is 3580. The van der Waals surface area contributed by atoms with E-state index in [4.69, 9.17) is 61.5 Å². The summed E-state index contributed by atoms with van der Waals surface area (Å²) < 4.78 is 45.8. The van der Waals surface area contributed by atoms with Crippen molar-refractivity contribution in [1.29, 1.82) is 0 Å². The van der Waals surface area contributed by atoms with E-state index in [0.717, 1.165) is 59.1 Å². The third-order valence-corrected chi connectivity index (χ3v) is 17.2. The largest absolute Gasteiger partial charge is 0.480 e. The summed E-state index contributed by atoms with van der Waals surface area (Å²) in [6.07, 6.45) is 10.3. The Morgan fingerprint density at radius 1 is 0.553 bits per heavy atom. The van der Waals surface area contributed by atoms with Gasteiger partial charge in [0.1, 0.15) is 61.5 Å². The quantitative estimate of drug-likeness (QED) is 0.00339. The fourth-order valence-corrected chi connectivity index (χ4v) is 9.20. The maximum Gasteiger partial charge on any atom is 0.437 e. The highest BCUT2D eigenvalue weighted by Crippen LogP contribution is 2.49. The standard InChI is InChI=1S/C14H18N2O4.C13H13NO2.C12H13NO4.C12H13NO3.C9H10O2.C6H13N2O3P.C4H7NO2.CH5N.CH4O/c1-16(19-2)12(17)14(8-9-14)15-13(18)20-10-11-6-4-3-5-7-11;1-2-13(8-9-13)14-12(15)16-10-11-6-4-3-5-7-11;14-10(15)12(6-7-12)13-11(16)17-8-9-4-2-1-3-5-9;14-9-12(6-7-12)13-11(15)16-8-10-4-2-1-3-5-10;1-8(10)11-7-9-5-3-2-4-6-9;1-5(2)6(8-7)12(9,10-3)11-4;5-4(1-2-4)3(6)7;2*1-2/h3-7H,8-10H2,1-2H3,(H,15,18);1,3-7H,8-10H2,(H,14,15);1-5H,6-8H2,(H,13,16)(H,14,15);1-5,9H,6-8H2,(H,13,15);2-6H,7H2,1H3;5H,1-4H3;1-2,5H2,(H,6,7);2H2,1H3;2H,1H3. The van der Waals surface area contributed by atoms with Gasteiger partial charge in [-0.25, -0.2) is 33.6 Å². The molecule has 103 heavy (non-hydrogen) atoms. The Labute approximate surface area is 599 Å². The number of hydrogen-bond acceptors (Lipinski definition) is 21. The lowest BCUT2D eigenvalue weighted by Crippen LogP contribution is -2.49. The zero-order valence-corrected chi connectivity index (χ0v) is 60.3. The van der Waals surface area contributed by atoms with Crippen molar-refractivity contribution >= 4 is 67.5 Å². The number of hydroxylamine groups is 2. The van der Waals surface area contributed by atoms with Gasteiger partial charge in [-0.3, -0.25) is 19.2 Å². The minimum absolute atomic E-state index is 0.0347. The molecule has 0 unspecified atom stereocenters. The van der Waals surface area contributed by atoms with E-state index >= 15 is 0 Å². The Morgan fingerprint density at radius 2 is 0.874 bits per heavy atom. The number of nitrogens with one attached hydrogen (secondary N) is 4. The van der Waals surface area contributed by atoms with Crippen LogP contribution in [0.1, 0.15) is 113 Å². The van der Waals surface area contributed by atoms with Gasteiger partial charge in [0, 0.05) is 35.3 Å². The molecule has 0 spiro atoms. The van der Waals surface area contributed by atoms with Gasteiger partial charge in [0.25, 0.3) is 5.91 Å². The SMILES string of the molecule is C#CC1(NC(=O)OCc2ccccc2)CC1.CC(=O)OCc1ccccc1.CN.CO.CON(C)C(=O)C1(NC(=O)OCc2ccccc2)CC1.COP(=O)(OC)C(=[N+]=[N-])C(C)C.NC1(C(=O)O)CC1.O=C(NC1(C(=O)O)CC1)OCc1ccccc1.O=CC1(NC(=O)OCc2ccccc2)CC1. The number of likely N-dealkylation sites (N-methyl/N-ethyl adjacent to an activating group) is 1. The van der Waals surface area contributed by atoms with Crippen molar-refractivity contribution < 1.29 is 105 Å². The van der Waals surface area contributed by atoms with Crippen molar-refractivity contribution in [2.75, 3.05) is 42.5 Å². The molecule has 5 fully saturated rings. The van der Waals surface area contributed by atoms with Crippen molar-refractivity contribution in [3.63, 3.8) is 0 Å². The molecule has 31 heteroatoms. The van der Waals surface area contributed by atoms with Crippen molar-refractivity contribution in [2.24, 2.45) is 17.4 Å². The number of hydrogen-bond donors (Lipinski definition) is 9. The molecule has 0 aromatic heterocycles. The molecule has 5 amide bonds. The molecule has 5 aromatic rings. The van der Waals surface area contributed by atoms with E-state index in [9.17, 15) is 47.7 Å². The normalized spacial score (nSPS) is 14.7. The minimum atomic E-state index is -3.35. The molecule has 5 saturated carbocycles. The van der Waals surface area contributed by atoms with Gasteiger partial charge in [0.15, 0.2) is 0 Å². The lowest BCUT2D eigenvalue weighted by molar-refractivity contribution is -0.172. The van der Waals surface area contributed by atoms with E-state index in [-0.39, 0.29) is 49.7 Å². The zero-order chi connectivity index (χ0) is 77.1. The van der Waals surface area contributed by atoms with Crippen LogP contribution in [0.2, 0.25) is 0 Å². The first-order valence-electron chi connectivity index (χ1n) is 32.2. The van der Waals surface area contributed by atoms with Crippen LogP contribution in [-0.4, -0.2) is 155 Å². The first-order valence-corrected chi connectivity index (χ1v) is 33.8. The van der Waals surface area contributed by atoms with E-state index in [1.165, 1.54) is 42.3 Å². The number of alkyl carbamates (subject to hydrolysis) is 4. The van der Waals surface area contributed by atoms with Gasteiger partial charge >= 0.3 is 55.3 Å². The molecule has 0 heterocycles. The summed E-state index contributed by atoms with van der Waals surface area (Å²) >= 11 is 0. The number of benzene rings is 5. The average Bonchev–Trinajstić information content (AvgIpc) is 1.47. The molecule has 0 aliphatic heterocycles. The predicted octanol–water partition coefficient (Wildman–Crippen LogP) is 8.97. The van der Waals surface area contributed by atoms with E-state index in [2.05, 4.69) is 46.8 Å². The smallest absolute Gasteiger partial charge is 0.437 e. The van der Waals surface area contributed by atoms with Crippen LogP contribution < -0.4 is 32.7 Å². The number of carbonyl (C=O) groups excluding carboxylic acids is 7. The second-order valence-corrected chi connectivity index (χ2v) is 25.6. The van der Waals surface area contributed by atoms with Crippen LogP contribution in [0.5, 0.6) is 0 Å². The van der Waals surface area contributed by atoms with Gasteiger partial charge in [-0.15, -0.1) is 6.42 Å². The number of nitrogens with two attached hydrogens (primary N) is 2. The van der Waals surface area contributed by atoms with Gasteiger partial charge in [-0.1, -0.05) is 171 Å². The number of esters is 1. The number of ether oxygens (including phenoxy) is 5. The number of carbonyl (C=O) groups is 9. The van der Waals surface area contributed by atoms with E-state index in [1.807, 2.05) is 152 Å². The highest BCUT2D eigenvalue weighted by molar-refractivity contribution is 7.71. The fraction of sp³-hybridized carbons (Fsp3) is 0.417. The molecular formula is C72H96N9O21P. The molecular weight excluding hydrogens is 1360 g/mol. The summed E-state index contributed by atoms with van der Waals surface area (Å²) in [5.74, 6) is 0.00744. The number of amides is 5. The van der Waals surface area contributed by atoms with Gasteiger partial charge in [-0.2, -0.15) is 4.79 Å².